The number of amides is 1. The first-order valence-corrected chi connectivity index (χ1v) is 8.11. The Balaban J connectivity index is 1.94. The van der Waals surface area contributed by atoms with Crippen molar-refractivity contribution in [3.8, 4) is 0 Å². The van der Waals surface area contributed by atoms with Crippen LogP contribution in [0.5, 0.6) is 0 Å². The van der Waals surface area contributed by atoms with E-state index in [4.69, 9.17) is 0 Å². The zero-order chi connectivity index (χ0) is 15.2. The van der Waals surface area contributed by atoms with Crippen LogP contribution in [0.2, 0.25) is 0 Å². The highest BCUT2D eigenvalue weighted by atomic mass is 32.2. The lowest BCUT2D eigenvalue weighted by molar-refractivity contribution is -0.116. The van der Waals surface area contributed by atoms with Crippen LogP contribution in [0.25, 0.3) is 0 Å². The Morgan fingerprint density at radius 3 is 2.76 bits per heavy atom. The fourth-order valence-corrected chi connectivity index (χ4v) is 2.93. The summed E-state index contributed by atoms with van der Waals surface area (Å²) in [6, 6.07) is 9.93. The molecule has 0 aliphatic rings. The molecule has 4 nitrogen and oxygen atoms in total. The first-order valence-electron chi connectivity index (χ1n) is 7.13. The van der Waals surface area contributed by atoms with Gasteiger partial charge in [-0.1, -0.05) is 19.1 Å². The third-order valence-corrected chi connectivity index (χ3v) is 4.07. The summed E-state index contributed by atoms with van der Waals surface area (Å²) in [5.41, 5.74) is 2.96. The Hall–Kier alpha value is -1.75. The molecule has 1 heterocycles. The average Bonchev–Trinajstić information content (AvgIpc) is 2.77. The van der Waals surface area contributed by atoms with Gasteiger partial charge in [-0.25, -0.2) is 0 Å². The van der Waals surface area contributed by atoms with Gasteiger partial charge in [0.1, 0.15) is 0 Å². The number of anilines is 1. The van der Waals surface area contributed by atoms with Crippen molar-refractivity contribution in [1.82, 2.24) is 9.78 Å². The van der Waals surface area contributed by atoms with Gasteiger partial charge in [-0.05, 0) is 37.8 Å². The van der Waals surface area contributed by atoms with E-state index < -0.39 is 0 Å². The minimum atomic E-state index is 0.0201. The van der Waals surface area contributed by atoms with Crippen LogP contribution in [0.1, 0.15) is 24.7 Å². The summed E-state index contributed by atoms with van der Waals surface area (Å²) in [6.45, 7) is 6.67. The molecule has 21 heavy (non-hydrogen) atoms. The molecular formula is C16H21N3OS. The largest absolute Gasteiger partial charge is 0.325 e. The van der Waals surface area contributed by atoms with Gasteiger partial charge < -0.3 is 5.32 Å². The number of nitrogens with one attached hydrogen (secondary N) is 1. The molecule has 2 rings (SSSR count). The average molecular weight is 303 g/mol. The number of rotatable bonds is 6. The fourth-order valence-electron chi connectivity index (χ4n) is 2.17. The van der Waals surface area contributed by atoms with E-state index in [0.29, 0.717) is 13.0 Å². The first-order chi connectivity index (χ1) is 10.1. The lowest BCUT2D eigenvalue weighted by atomic mass is 10.3. The van der Waals surface area contributed by atoms with Gasteiger partial charge in [0.2, 0.25) is 5.91 Å². The third-order valence-electron chi connectivity index (χ3n) is 3.12. The van der Waals surface area contributed by atoms with Crippen LogP contribution in [-0.2, 0) is 11.3 Å². The molecule has 0 spiro atoms. The minimum absolute atomic E-state index is 0.0201. The Morgan fingerprint density at radius 2 is 2.10 bits per heavy atom. The molecule has 0 radical (unpaired) electrons. The molecule has 0 unspecified atom stereocenters. The molecule has 1 aromatic heterocycles. The number of hydrogen-bond acceptors (Lipinski definition) is 3. The molecule has 1 amide bonds. The van der Waals surface area contributed by atoms with Crippen molar-refractivity contribution in [1.29, 1.82) is 0 Å². The van der Waals surface area contributed by atoms with Crippen molar-refractivity contribution in [2.45, 2.75) is 38.6 Å². The number of para-hydroxylation sites is 1. The van der Waals surface area contributed by atoms with Crippen LogP contribution in [0.15, 0.2) is 35.2 Å². The molecule has 5 heteroatoms. The Kier molecular flexibility index (Phi) is 5.44. The standard InChI is InChI=1S/C16H21N3OS/c1-4-21-15-8-6-5-7-14(15)17-16(20)9-10-19-13(3)11-12(2)18-19/h5-8,11H,4,9-10H2,1-3H3,(H,17,20). The van der Waals surface area contributed by atoms with Gasteiger partial charge in [0.05, 0.1) is 11.4 Å². The van der Waals surface area contributed by atoms with Crippen LogP contribution < -0.4 is 5.32 Å². The molecule has 0 saturated heterocycles. The van der Waals surface area contributed by atoms with Gasteiger partial charge in [0.15, 0.2) is 0 Å². The van der Waals surface area contributed by atoms with Crippen molar-refractivity contribution in [3.63, 3.8) is 0 Å². The highest BCUT2D eigenvalue weighted by molar-refractivity contribution is 7.99. The number of carbonyl (C=O) groups excluding carboxylic acids is 1. The summed E-state index contributed by atoms with van der Waals surface area (Å²) < 4.78 is 1.88. The van der Waals surface area contributed by atoms with E-state index in [0.717, 1.165) is 27.7 Å². The number of carbonyl (C=O) groups is 1. The van der Waals surface area contributed by atoms with Gasteiger partial charge in [0.25, 0.3) is 0 Å². The van der Waals surface area contributed by atoms with Crippen LogP contribution in [0.4, 0.5) is 5.69 Å². The summed E-state index contributed by atoms with van der Waals surface area (Å²) in [5.74, 6) is 1.00. The second-order valence-electron chi connectivity index (χ2n) is 4.88. The van der Waals surface area contributed by atoms with E-state index in [1.807, 2.05) is 48.9 Å². The van der Waals surface area contributed by atoms with Gasteiger partial charge in [0, 0.05) is 23.6 Å². The van der Waals surface area contributed by atoms with E-state index in [-0.39, 0.29) is 5.91 Å². The number of nitrogens with zero attached hydrogens (tertiary/aromatic N) is 2. The second-order valence-corrected chi connectivity index (χ2v) is 6.18. The summed E-state index contributed by atoms with van der Waals surface area (Å²) in [4.78, 5) is 13.2. The van der Waals surface area contributed by atoms with Crippen molar-refractivity contribution in [2.24, 2.45) is 0 Å². The molecule has 0 aliphatic heterocycles. The van der Waals surface area contributed by atoms with Crippen molar-refractivity contribution >= 4 is 23.4 Å². The van der Waals surface area contributed by atoms with Crippen LogP contribution in [-0.4, -0.2) is 21.4 Å². The summed E-state index contributed by atoms with van der Waals surface area (Å²) in [6.07, 6.45) is 0.424. The molecule has 0 saturated carbocycles. The zero-order valence-electron chi connectivity index (χ0n) is 12.7. The van der Waals surface area contributed by atoms with E-state index in [1.54, 1.807) is 11.8 Å². The zero-order valence-corrected chi connectivity index (χ0v) is 13.5. The quantitative estimate of drug-likeness (QED) is 0.829. The van der Waals surface area contributed by atoms with E-state index in [9.17, 15) is 4.79 Å². The predicted octanol–water partition coefficient (Wildman–Crippen LogP) is 3.64. The van der Waals surface area contributed by atoms with Gasteiger partial charge in [-0.2, -0.15) is 5.10 Å². The highest BCUT2D eigenvalue weighted by Crippen LogP contribution is 2.26. The van der Waals surface area contributed by atoms with E-state index >= 15 is 0 Å². The number of hydrogen-bond donors (Lipinski definition) is 1. The second kappa shape index (κ2) is 7.31. The molecule has 0 fully saturated rings. The highest BCUT2D eigenvalue weighted by Gasteiger charge is 2.08. The topological polar surface area (TPSA) is 46.9 Å². The predicted molar refractivity (Wildman–Crippen MR) is 87.8 cm³/mol. The molecule has 1 aromatic carbocycles. The Bertz CT molecular complexity index is 622. The number of aryl methyl sites for hydroxylation is 3. The van der Waals surface area contributed by atoms with E-state index in [2.05, 4.69) is 17.3 Å². The fraction of sp³-hybridized carbons (Fsp3) is 0.375. The third kappa shape index (κ3) is 4.36. The SMILES string of the molecule is CCSc1ccccc1NC(=O)CCn1nc(C)cc1C. The van der Waals surface area contributed by atoms with Gasteiger partial charge >= 0.3 is 0 Å². The lowest BCUT2D eigenvalue weighted by Crippen LogP contribution is -2.16. The summed E-state index contributed by atoms with van der Waals surface area (Å²) in [7, 11) is 0. The van der Waals surface area contributed by atoms with Crippen LogP contribution in [0, 0.1) is 13.8 Å². The van der Waals surface area contributed by atoms with Crippen LogP contribution in [0.3, 0.4) is 0 Å². The molecule has 2 aromatic rings. The maximum atomic E-state index is 12.1. The number of thioether (sulfide) groups is 1. The Morgan fingerprint density at radius 1 is 1.33 bits per heavy atom. The van der Waals surface area contributed by atoms with Crippen molar-refractivity contribution in [2.75, 3.05) is 11.1 Å². The number of benzene rings is 1. The minimum Gasteiger partial charge on any atom is -0.325 e. The van der Waals surface area contributed by atoms with Crippen LogP contribution >= 0.6 is 11.8 Å². The normalized spacial score (nSPS) is 10.6. The molecule has 0 bridgehead atoms. The summed E-state index contributed by atoms with van der Waals surface area (Å²) >= 11 is 1.73. The Labute approximate surface area is 129 Å². The van der Waals surface area contributed by atoms with Gasteiger partial charge in [-0.3, -0.25) is 9.48 Å². The molecular weight excluding hydrogens is 282 g/mol. The maximum Gasteiger partial charge on any atom is 0.226 e. The molecule has 1 N–H and O–H groups in total. The smallest absolute Gasteiger partial charge is 0.226 e. The summed E-state index contributed by atoms with van der Waals surface area (Å²) in [5, 5.41) is 7.36. The van der Waals surface area contributed by atoms with E-state index in [1.165, 1.54) is 0 Å². The molecule has 0 aliphatic carbocycles. The number of aromatic nitrogens is 2. The van der Waals surface area contributed by atoms with Gasteiger partial charge in [-0.15, -0.1) is 11.8 Å². The molecule has 112 valence electrons. The lowest BCUT2D eigenvalue weighted by Gasteiger charge is -2.10. The van der Waals surface area contributed by atoms with Crippen molar-refractivity contribution in [3.05, 3.63) is 41.7 Å². The van der Waals surface area contributed by atoms with Crippen molar-refractivity contribution < 1.29 is 4.79 Å². The monoisotopic (exact) mass is 303 g/mol. The first kappa shape index (κ1) is 15.6. The molecule has 0 atom stereocenters. The maximum absolute atomic E-state index is 12.1.